The molecule has 8 heteroatoms. The zero-order valence-corrected chi connectivity index (χ0v) is 20.7. The van der Waals surface area contributed by atoms with Crippen LogP contribution in [0, 0.1) is 17.4 Å². The lowest BCUT2D eigenvalue weighted by Gasteiger charge is -2.18. The number of carbonyl (C=O) groups is 3. The molecule has 0 fully saturated rings. The number of hydrogen-bond acceptors (Lipinski definition) is 4. The highest BCUT2D eigenvalue weighted by molar-refractivity contribution is 14.1. The van der Waals surface area contributed by atoms with Crippen molar-refractivity contribution in [3.05, 3.63) is 97.7 Å². The van der Waals surface area contributed by atoms with Crippen LogP contribution >= 0.6 is 34.2 Å². The standard InChI is InChI=1S/C25H19ClIN3O3/c1-14-5-3-8-20(15(14)2)30-24(32)21(26)22(25(30)33)28-19-7-4-6-16(13-19)23(31)29-18-11-9-17(27)10-12-18/h3-13,28H,1-2H3,(H,29,31). The van der Waals surface area contributed by atoms with Crippen molar-refractivity contribution in [2.45, 2.75) is 13.8 Å². The van der Waals surface area contributed by atoms with Gasteiger partial charge in [0.15, 0.2) is 0 Å². The van der Waals surface area contributed by atoms with Crippen LogP contribution in [-0.4, -0.2) is 17.7 Å². The van der Waals surface area contributed by atoms with Crippen molar-refractivity contribution in [3.8, 4) is 0 Å². The molecule has 0 spiro atoms. The summed E-state index contributed by atoms with van der Waals surface area (Å²) >= 11 is 8.45. The number of amides is 3. The largest absolute Gasteiger partial charge is 0.350 e. The van der Waals surface area contributed by atoms with Crippen molar-refractivity contribution in [3.63, 3.8) is 0 Å². The van der Waals surface area contributed by atoms with Gasteiger partial charge in [-0.2, -0.15) is 0 Å². The predicted octanol–water partition coefficient (Wildman–Crippen LogP) is 5.60. The number of aryl methyl sites for hydroxylation is 1. The summed E-state index contributed by atoms with van der Waals surface area (Å²) in [7, 11) is 0. The quantitative estimate of drug-likeness (QED) is 0.309. The van der Waals surface area contributed by atoms with Crippen molar-refractivity contribution in [2.75, 3.05) is 15.5 Å². The fraction of sp³-hybridized carbons (Fsp3) is 0.0800. The average molecular weight is 572 g/mol. The van der Waals surface area contributed by atoms with E-state index in [1.807, 2.05) is 44.2 Å². The zero-order chi connectivity index (χ0) is 23.7. The summed E-state index contributed by atoms with van der Waals surface area (Å²) in [5, 5.41) is 5.56. The topological polar surface area (TPSA) is 78.5 Å². The highest BCUT2D eigenvalue weighted by Crippen LogP contribution is 2.33. The fourth-order valence-electron chi connectivity index (χ4n) is 3.43. The van der Waals surface area contributed by atoms with E-state index in [0.717, 1.165) is 19.6 Å². The van der Waals surface area contributed by atoms with Gasteiger partial charge in [0.1, 0.15) is 10.7 Å². The van der Waals surface area contributed by atoms with Gasteiger partial charge in [-0.1, -0.05) is 29.8 Å². The number of hydrogen-bond donors (Lipinski definition) is 2. The van der Waals surface area contributed by atoms with Crippen LogP contribution in [0.15, 0.2) is 77.5 Å². The van der Waals surface area contributed by atoms with Crippen LogP contribution in [0.5, 0.6) is 0 Å². The Morgan fingerprint density at radius 1 is 0.909 bits per heavy atom. The molecule has 2 N–H and O–H groups in total. The second-order valence-corrected chi connectivity index (χ2v) is 9.14. The molecule has 0 atom stereocenters. The number of nitrogens with one attached hydrogen (secondary N) is 2. The molecule has 3 aromatic carbocycles. The number of imide groups is 1. The maximum absolute atomic E-state index is 13.1. The number of halogens is 2. The Bertz CT molecular complexity index is 1320. The maximum atomic E-state index is 13.1. The van der Waals surface area contributed by atoms with Crippen molar-refractivity contribution < 1.29 is 14.4 Å². The lowest BCUT2D eigenvalue weighted by atomic mass is 10.1. The Labute approximate surface area is 209 Å². The molecule has 0 radical (unpaired) electrons. The lowest BCUT2D eigenvalue weighted by molar-refractivity contribution is -0.120. The summed E-state index contributed by atoms with van der Waals surface area (Å²) in [6.07, 6.45) is 0. The van der Waals surface area contributed by atoms with Crippen molar-refractivity contribution in [2.24, 2.45) is 0 Å². The number of anilines is 3. The molecule has 0 saturated carbocycles. The molecule has 3 aromatic rings. The zero-order valence-electron chi connectivity index (χ0n) is 17.8. The summed E-state index contributed by atoms with van der Waals surface area (Å²) in [4.78, 5) is 39.6. The second kappa shape index (κ2) is 9.36. The molecule has 4 rings (SSSR count). The predicted molar refractivity (Wildman–Crippen MR) is 138 cm³/mol. The second-order valence-electron chi connectivity index (χ2n) is 7.52. The minimum atomic E-state index is -0.592. The van der Waals surface area contributed by atoms with E-state index in [2.05, 4.69) is 33.2 Å². The molecular formula is C25H19ClIN3O3. The number of rotatable bonds is 5. The molecule has 6 nitrogen and oxygen atoms in total. The van der Waals surface area contributed by atoms with Crippen LogP contribution in [0.2, 0.25) is 0 Å². The van der Waals surface area contributed by atoms with Crippen molar-refractivity contribution in [1.29, 1.82) is 0 Å². The van der Waals surface area contributed by atoms with Gasteiger partial charge >= 0.3 is 0 Å². The average Bonchev–Trinajstić information content (AvgIpc) is 3.00. The Morgan fingerprint density at radius 2 is 1.61 bits per heavy atom. The van der Waals surface area contributed by atoms with E-state index >= 15 is 0 Å². The van der Waals surface area contributed by atoms with E-state index in [1.165, 1.54) is 0 Å². The molecule has 1 aliphatic heterocycles. The van der Waals surface area contributed by atoms with Gasteiger partial charge in [-0.15, -0.1) is 0 Å². The summed E-state index contributed by atoms with van der Waals surface area (Å²) in [6.45, 7) is 3.76. The summed E-state index contributed by atoms with van der Waals surface area (Å²) in [6, 6.07) is 19.5. The van der Waals surface area contributed by atoms with Crippen molar-refractivity contribution in [1.82, 2.24) is 0 Å². The first kappa shape index (κ1) is 23.0. The Morgan fingerprint density at radius 3 is 2.33 bits per heavy atom. The third kappa shape index (κ3) is 4.65. The molecule has 1 heterocycles. The van der Waals surface area contributed by atoms with Crippen LogP contribution in [0.1, 0.15) is 21.5 Å². The van der Waals surface area contributed by atoms with Crippen molar-refractivity contribution >= 4 is 69.0 Å². The molecule has 0 bridgehead atoms. The first-order valence-corrected chi connectivity index (χ1v) is 11.5. The van der Waals surface area contributed by atoms with Crippen LogP contribution in [-0.2, 0) is 9.59 Å². The highest BCUT2D eigenvalue weighted by atomic mass is 127. The minimum absolute atomic E-state index is 0.0298. The normalized spacial score (nSPS) is 13.5. The van der Waals surface area contributed by atoms with E-state index in [0.29, 0.717) is 22.6 Å². The van der Waals surface area contributed by atoms with Gasteiger partial charge in [0, 0.05) is 20.5 Å². The molecular weight excluding hydrogens is 553 g/mol. The van der Waals surface area contributed by atoms with Crippen LogP contribution in [0.25, 0.3) is 0 Å². The van der Waals surface area contributed by atoms with Gasteiger partial charge < -0.3 is 10.6 Å². The first-order valence-electron chi connectivity index (χ1n) is 10.0. The van der Waals surface area contributed by atoms with Gasteiger partial charge in [0.2, 0.25) is 0 Å². The molecule has 0 aliphatic carbocycles. The smallest absolute Gasteiger partial charge is 0.283 e. The van der Waals surface area contributed by atoms with E-state index in [9.17, 15) is 14.4 Å². The van der Waals surface area contributed by atoms with Crippen LogP contribution in [0.4, 0.5) is 17.1 Å². The van der Waals surface area contributed by atoms with E-state index < -0.39 is 11.8 Å². The fourth-order valence-corrected chi connectivity index (χ4v) is 4.00. The molecule has 3 amide bonds. The number of carbonyl (C=O) groups excluding carboxylic acids is 3. The minimum Gasteiger partial charge on any atom is -0.350 e. The number of nitrogens with zero attached hydrogens (tertiary/aromatic N) is 1. The Hall–Kier alpha value is -3.17. The van der Waals surface area contributed by atoms with E-state index in [4.69, 9.17) is 11.6 Å². The lowest BCUT2D eigenvalue weighted by Crippen LogP contribution is -2.33. The van der Waals surface area contributed by atoms with Gasteiger partial charge in [-0.3, -0.25) is 14.4 Å². The summed E-state index contributed by atoms with van der Waals surface area (Å²) < 4.78 is 1.06. The maximum Gasteiger partial charge on any atom is 0.283 e. The molecule has 0 unspecified atom stereocenters. The summed E-state index contributed by atoms with van der Waals surface area (Å²) in [5.41, 5.74) is 3.76. The van der Waals surface area contributed by atoms with Gasteiger partial charge in [0.05, 0.1) is 5.69 Å². The SMILES string of the molecule is Cc1cccc(N2C(=O)C(Cl)=C(Nc3cccc(C(=O)Nc4ccc(I)cc4)c3)C2=O)c1C. The molecule has 1 aliphatic rings. The Balaban J connectivity index is 1.56. The van der Waals surface area contributed by atoms with E-state index in [1.54, 1.807) is 36.4 Å². The molecule has 166 valence electrons. The van der Waals surface area contributed by atoms with E-state index in [-0.39, 0.29) is 16.6 Å². The first-order chi connectivity index (χ1) is 15.8. The number of benzene rings is 3. The Kier molecular flexibility index (Phi) is 6.53. The van der Waals surface area contributed by atoms with Gasteiger partial charge in [0.25, 0.3) is 17.7 Å². The molecule has 33 heavy (non-hydrogen) atoms. The highest BCUT2D eigenvalue weighted by Gasteiger charge is 2.39. The van der Waals surface area contributed by atoms with Crippen LogP contribution < -0.4 is 15.5 Å². The van der Waals surface area contributed by atoms with Crippen LogP contribution in [0.3, 0.4) is 0 Å². The van der Waals surface area contributed by atoms with Gasteiger partial charge in [-0.05, 0) is 96.1 Å². The van der Waals surface area contributed by atoms with Gasteiger partial charge in [-0.25, -0.2) is 4.90 Å². The molecule has 0 saturated heterocycles. The summed E-state index contributed by atoms with van der Waals surface area (Å²) in [5.74, 6) is -1.44. The monoisotopic (exact) mass is 571 g/mol. The third-order valence-electron chi connectivity index (χ3n) is 5.34. The molecule has 0 aromatic heterocycles. The third-order valence-corrected chi connectivity index (χ3v) is 6.41.